The van der Waals surface area contributed by atoms with E-state index in [4.69, 9.17) is 23.2 Å². The van der Waals surface area contributed by atoms with Gasteiger partial charge in [-0.2, -0.15) is 0 Å². The lowest BCUT2D eigenvalue weighted by atomic mass is 10.2. The lowest BCUT2D eigenvalue weighted by molar-refractivity contribution is 0.102. The van der Waals surface area contributed by atoms with Gasteiger partial charge in [0.2, 0.25) is 0 Å². The monoisotopic (exact) mass is 333 g/mol. The minimum Gasteiger partial charge on any atom is -0.322 e. The smallest absolute Gasteiger partial charge is 0.255 e. The zero-order chi connectivity index (χ0) is 15.5. The maximum atomic E-state index is 12.3. The molecule has 110 valence electrons. The third kappa shape index (κ3) is 3.24. The number of rotatable bonds is 3. The van der Waals surface area contributed by atoms with Gasteiger partial charge in [0.05, 0.1) is 5.69 Å². The van der Waals surface area contributed by atoms with Gasteiger partial charge in [-0.05, 0) is 46.8 Å². The predicted octanol–water partition coefficient (Wildman–Crippen LogP) is 3.22. The number of aromatic nitrogens is 4. The minimum atomic E-state index is -0.284. The number of hydrogen-bond donors (Lipinski definition) is 1. The summed E-state index contributed by atoms with van der Waals surface area (Å²) in [5.41, 5.74) is 1.67. The Balaban J connectivity index is 1.85. The highest BCUT2D eigenvalue weighted by molar-refractivity contribution is 6.35. The molecule has 0 saturated heterocycles. The Kier molecular flexibility index (Phi) is 4.04. The first-order chi connectivity index (χ1) is 10.6. The average molecular weight is 334 g/mol. The predicted molar refractivity (Wildman–Crippen MR) is 83.6 cm³/mol. The number of amides is 1. The van der Waals surface area contributed by atoms with E-state index in [-0.39, 0.29) is 5.91 Å². The number of tetrazole rings is 1. The molecule has 0 aliphatic heterocycles. The van der Waals surface area contributed by atoms with Crippen LogP contribution in [-0.2, 0) is 0 Å². The molecule has 2 aromatic carbocycles. The van der Waals surface area contributed by atoms with Crippen molar-refractivity contribution < 1.29 is 4.79 Å². The van der Waals surface area contributed by atoms with Crippen molar-refractivity contribution in [3.05, 3.63) is 64.4 Å². The molecule has 0 aliphatic carbocycles. The van der Waals surface area contributed by atoms with Crippen LogP contribution in [-0.4, -0.2) is 26.1 Å². The fraction of sp³-hybridized carbons (Fsp3) is 0. The van der Waals surface area contributed by atoms with Gasteiger partial charge in [0.1, 0.15) is 6.33 Å². The highest BCUT2D eigenvalue weighted by Gasteiger charge is 2.09. The second-order valence-corrected chi connectivity index (χ2v) is 5.29. The van der Waals surface area contributed by atoms with E-state index in [1.807, 2.05) is 0 Å². The zero-order valence-electron chi connectivity index (χ0n) is 11.1. The highest BCUT2D eigenvalue weighted by atomic mass is 35.5. The number of carbonyl (C=O) groups is 1. The molecule has 3 rings (SSSR count). The van der Waals surface area contributed by atoms with Crippen LogP contribution in [0.1, 0.15) is 10.4 Å². The van der Waals surface area contributed by atoms with E-state index in [9.17, 15) is 4.79 Å². The van der Waals surface area contributed by atoms with Gasteiger partial charge in [0.15, 0.2) is 0 Å². The van der Waals surface area contributed by atoms with Gasteiger partial charge < -0.3 is 5.32 Å². The van der Waals surface area contributed by atoms with Crippen LogP contribution >= 0.6 is 23.2 Å². The summed E-state index contributed by atoms with van der Waals surface area (Å²) in [6.07, 6.45) is 1.45. The van der Waals surface area contributed by atoms with Crippen molar-refractivity contribution in [3.63, 3.8) is 0 Å². The van der Waals surface area contributed by atoms with Gasteiger partial charge in [0.25, 0.3) is 5.91 Å². The van der Waals surface area contributed by atoms with E-state index in [0.29, 0.717) is 27.0 Å². The summed E-state index contributed by atoms with van der Waals surface area (Å²) in [6.45, 7) is 0. The van der Waals surface area contributed by atoms with Crippen LogP contribution in [0.5, 0.6) is 0 Å². The van der Waals surface area contributed by atoms with Gasteiger partial charge >= 0.3 is 0 Å². The Bertz CT molecular complexity index is 800. The molecule has 3 aromatic rings. The van der Waals surface area contributed by atoms with E-state index in [1.54, 1.807) is 42.5 Å². The quantitative estimate of drug-likeness (QED) is 0.798. The van der Waals surface area contributed by atoms with Crippen LogP contribution in [0.3, 0.4) is 0 Å². The molecule has 1 amide bonds. The molecule has 0 unspecified atom stereocenters. The normalized spacial score (nSPS) is 10.5. The third-order valence-corrected chi connectivity index (χ3v) is 3.28. The van der Waals surface area contributed by atoms with Gasteiger partial charge in [-0.15, -0.1) is 5.10 Å². The molecule has 0 fully saturated rings. The van der Waals surface area contributed by atoms with Gasteiger partial charge in [-0.25, -0.2) is 4.68 Å². The fourth-order valence-electron chi connectivity index (χ4n) is 1.90. The molecule has 0 aliphatic rings. The van der Waals surface area contributed by atoms with Crippen molar-refractivity contribution in [2.24, 2.45) is 0 Å². The summed E-state index contributed by atoms with van der Waals surface area (Å²) in [5, 5.41) is 14.6. The Hall–Kier alpha value is -2.44. The van der Waals surface area contributed by atoms with E-state index >= 15 is 0 Å². The maximum Gasteiger partial charge on any atom is 0.255 e. The summed E-state index contributed by atoms with van der Waals surface area (Å²) in [4.78, 5) is 12.3. The van der Waals surface area contributed by atoms with Crippen molar-refractivity contribution in [1.29, 1.82) is 0 Å². The highest BCUT2D eigenvalue weighted by Crippen LogP contribution is 2.23. The maximum absolute atomic E-state index is 12.3. The van der Waals surface area contributed by atoms with Gasteiger partial charge in [0, 0.05) is 21.3 Å². The number of anilines is 1. The minimum absolute atomic E-state index is 0.284. The summed E-state index contributed by atoms with van der Waals surface area (Å²) in [5.74, 6) is -0.284. The molecule has 0 spiro atoms. The van der Waals surface area contributed by atoms with Crippen LogP contribution in [0.15, 0.2) is 48.8 Å². The molecule has 1 N–H and O–H groups in total. The first kappa shape index (κ1) is 14.5. The average Bonchev–Trinajstić information content (AvgIpc) is 3.00. The second-order valence-electron chi connectivity index (χ2n) is 4.42. The summed E-state index contributed by atoms with van der Waals surface area (Å²) >= 11 is 11.8. The molecule has 8 heteroatoms. The molecule has 22 heavy (non-hydrogen) atoms. The number of nitrogens with one attached hydrogen (secondary N) is 1. The molecule has 0 bridgehead atoms. The molecule has 1 aromatic heterocycles. The lowest BCUT2D eigenvalue weighted by Gasteiger charge is -2.07. The Labute approximate surface area is 135 Å². The summed E-state index contributed by atoms with van der Waals surface area (Å²) in [6, 6.07) is 11.7. The van der Waals surface area contributed by atoms with Crippen molar-refractivity contribution in [2.45, 2.75) is 0 Å². The second kappa shape index (κ2) is 6.13. The van der Waals surface area contributed by atoms with Gasteiger partial charge in [-0.1, -0.05) is 29.3 Å². The van der Waals surface area contributed by atoms with E-state index in [1.165, 1.54) is 11.0 Å². The van der Waals surface area contributed by atoms with Crippen molar-refractivity contribution in [3.8, 4) is 5.69 Å². The number of carbonyl (C=O) groups excluding carboxylic acids is 1. The third-order valence-electron chi connectivity index (χ3n) is 2.84. The van der Waals surface area contributed by atoms with Crippen LogP contribution in [0.2, 0.25) is 10.0 Å². The number of halogens is 2. The van der Waals surface area contributed by atoms with Crippen molar-refractivity contribution >= 4 is 34.8 Å². The van der Waals surface area contributed by atoms with Gasteiger partial charge in [-0.3, -0.25) is 4.79 Å². The number of hydrogen-bond acceptors (Lipinski definition) is 4. The Morgan fingerprint density at radius 3 is 2.55 bits per heavy atom. The van der Waals surface area contributed by atoms with Crippen LogP contribution in [0.25, 0.3) is 5.69 Å². The van der Waals surface area contributed by atoms with E-state index in [0.717, 1.165) is 0 Å². The molecule has 0 saturated carbocycles. The zero-order valence-corrected chi connectivity index (χ0v) is 12.6. The molecule has 6 nitrogen and oxygen atoms in total. The van der Waals surface area contributed by atoms with Crippen molar-refractivity contribution in [1.82, 2.24) is 20.2 Å². The molecule has 1 heterocycles. The SMILES string of the molecule is O=C(Nc1cc(Cl)cc(Cl)c1)c1cccc(-n2cnnn2)c1. The van der Waals surface area contributed by atoms with Crippen molar-refractivity contribution in [2.75, 3.05) is 5.32 Å². The largest absolute Gasteiger partial charge is 0.322 e. The molecule has 0 radical (unpaired) electrons. The van der Waals surface area contributed by atoms with E-state index < -0.39 is 0 Å². The van der Waals surface area contributed by atoms with Crippen LogP contribution in [0.4, 0.5) is 5.69 Å². The first-order valence-electron chi connectivity index (χ1n) is 6.23. The topological polar surface area (TPSA) is 72.7 Å². The lowest BCUT2D eigenvalue weighted by Crippen LogP contribution is -2.12. The molecular weight excluding hydrogens is 325 g/mol. The summed E-state index contributed by atoms with van der Waals surface area (Å²) < 4.78 is 1.47. The number of benzene rings is 2. The summed E-state index contributed by atoms with van der Waals surface area (Å²) in [7, 11) is 0. The van der Waals surface area contributed by atoms with Crippen LogP contribution < -0.4 is 5.32 Å². The molecule has 0 atom stereocenters. The number of nitrogens with zero attached hydrogens (tertiary/aromatic N) is 4. The fourth-order valence-corrected chi connectivity index (χ4v) is 2.42. The standard InChI is InChI=1S/C14H9Cl2N5O/c15-10-5-11(16)7-12(6-10)18-14(22)9-2-1-3-13(4-9)21-8-17-19-20-21/h1-8H,(H,18,22). The molecular formula is C14H9Cl2N5O. The first-order valence-corrected chi connectivity index (χ1v) is 6.98. The Morgan fingerprint density at radius 1 is 1.09 bits per heavy atom. The van der Waals surface area contributed by atoms with Crippen LogP contribution in [0, 0.1) is 0 Å². The van der Waals surface area contributed by atoms with E-state index in [2.05, 4.69) is 20.8 Å². The Morgan fingerprint density at radius 2 is 1.86 bits per heavy atom.